The molecule has 0 aliphatic heterocycles. The number of hydrogen-bond donors (Lipinski definition) is 3. The van der Waals surface area contributed by atoms with Crippen LogP contribution < -0.4 is 20.7 Å². The molecule has 0 saturated heterocycles. The van der Waals surface area contributed by atoms with E-state index >= 15 is 0 Å². The maximum atomic E-state index is 12.9. The molecular weight excluding hydrogens is 777 g/mol. The zero-order valence-electron chi connectivity index (χ0n) is 17.0. The van der Waals surface area contributed by atoms with Gasteiger partial charge in [-0.05, 0) is 73.8 Å². The Morgan fingerprint density at radius 3 is 1.94 bits per heavy atom. The second kappa shape index (κ2) is 11.9. The van der Waals surface area contributed by atoms with E-state index in [0.717, 1.165) is 0 Å². The van der Waals surface area contributed by atoms with E-state index in [1.165, 1.54) is 38.1 Å². The molecule has 0 radical (unpaired) electrons. The third-order valence-electron chi connectivity index (χ3n) is 3.83. The largest absolute Gasteiger partial charge is 0.418 e. The number of hydrogen-bond acceptors (Lipinski definition) is 7. The Morgan fingerprint density at radius 1 is 0.939 bits per heavy atom. The van der Waals surface area contributed by atoms with Crippen LogP contribution in [0.25, 0.3) is 0 Å². The fourth-order valence-electron chi connectivity index (χ4n) is 2.53. The van der Waals surface area contributed by atoms with Crippen molar-refractivity contribution in [3.63, 3.8) is 0 Å². The standard InChI is InChI=1S/C19H15I3N4O7/c1-8(27)24-17-14(20)13(15(21)18(16(17)22)25-9(2)28)19(30)23-7-12(29)33-11-6-4-3-5-10(11)26(31)32/h3-6H,7H2,1-2H3,(H,23,30)(H,24,27)(H,25,28). The number of nitrogens with zero attached hydrogens (tertiary/aromatic N) is 1. The maximum absolute atomic E-state index is 12.9. The zero-order chi connectivity index (χ0) is 24.9. The highest BCUT2D eigenvalue weighted by atomic mass is 127. The molecular formula is C19H15I3N4O7. The summed E-state index contributed by atoms with van der Waals surface area (Å²) in [5, 5.41) is 18.8. The van der Waals surface area contributed by atoms with Crippen LogP contribution in [0.2, 0.25) is 0 Å². The lowest BCUT2D eigenvalue weighted by Gasteiger charge is -2.19. The van der Waals surface area contributed by atoms with Crippen LogP contribution in [0.3, 0.4) is 0 Å². The van der Waals surface area contributed by atoms with Crippen LogP contribution in [-0.4, -0.2) is 35.2 Å². The van der Waals surface area contributed by atoms with E-state index in [-0.39, 0.29) is 28.8 Å². The molecule has 2 aromatic carbocycles. The molecule has 33 heavy (non-hydrogen) atoms. The smallest absolute Gasteiger partial charge is 0.331 e. The minimum atomic E-state index is -0.919. The van der Waals surface area contributed by atoms with E-state index in [0.29, 0.717) is 22.1 Å². The topological polar surface area (TPSA) is 157 Å². The Bertz CT molecular complexity index is 1130. The van der Waals surface area contributed by atoms with Gasteiger partial charge in [-0.2, -0.15) is 0 Å². The van der Waals surface area contributed by atoms with Crippen LogP contribution in [0.5, 0.6) is 5.75 Å². The van der Waals surface area contributed by atoms with Crippen LogP contribution in [0.1, 0.15) is 24.2 Å². The first-order chi connectivity index (χ1) is 15.4. The molecule has 0 heterocycles. The summed E-state index contributed by atoms with van der Waals surface area (Å²) in [6.07, 6.45) is 0. The van der Waals surface area contributed by atoms with Crippen LogP contribution >= 0.6 is 67.8 Å². The molecule has 3 amide bonds. The monoisotopic (exact) mass is 792 g/mol. The third kappa shape index (κ3) is 6.95. The quantitative estimate of drug-likeness (QED) is 0.127. The van der Waals surface area contributed by atoms with Gasteiger partial charge < -0.3 is 20.7 Å². The van der Waals surface area contributed by atoms with Crippen molar-refractivity contribution in [2.75, 3.05) is 17.2 Å². The molecule has 0 aliphatic carbocycles. The van der Waals surface area contributed by atoms with Crippen molar-refractivity contribution < 1.29 is 28.8 Å². The number of ether oxygens (including phenoxy) is 1. The number of benzene rings is 2. The van der Waals surface area contributed by atoms with Gasteiger partial charge in [-0.3, -0.25) is 24.5 Å². The molecule has 14 heteroatoms. The molecule has 3 N–H and O–H groups in total. The minimum Gasteiger partial charge on any atom is -0.418 e. The number of carbonyl (C=O) groups excluding carboxylic acids is 4. The Kier molecular flexibility index (Phi) is 9.76. The fraction of sp³-hybridized carbons (Fsp3) is 0.158. The second-order valence-corrected chi connectivity index (χ2v) is 9.55. The number of halogens is 3. The predicted molar refractivity (Wildman–Crippen MR) is 144 cm³/mol. The predicted octanol–water partition coefficient (Wildman–Crippen LogP) is 3.66. The summed E-state index contributed by atoms with van der Waals surface area (Å²) >= 11 is 5.73. The SMILES string of the molecule is CC(=O)Nc1c(I)c(NC(C)=O)c(I)c(C(=O)NCC(=O)Oc2ccccc2[N+](=O)[O-])c1I. The highest BCUT2D eigenvalue weighted by Gasteiger charge is 2.26. The van der Waals surface area contributed by atoms with E-state index in [2.05, 4.69) is 16.0 Å². The number of rotatable bonds is 7. The average molecular weight is 792 g/mol. The van der Waals surface area contributed by atoms with Crippen LogP contribution in [0, 0.1) is 20.8 Å². The van der Waals surface area contributed by atoms with Crippen molar-refractivity contribution in [1.82, 2.24) is 5.32 Å². The third-order valence-corrected chi connectivity index (χ3v) is 7.06. The molecule has 0 aromatic heterocycles. The van der Waals surface area contributed by atoms with Crippen LogP contribution in [0.15, 0.2) is 24.3 Å². The van der Waals surface area contributed by atoms with Crippen LogP contribution in [0.4, 0.5) is 17.1 Å². The number of para-hydroxylation sites is 2. The van der Waals surface area contributed by atoms with E-state index in [4.69, 9.17) is 4.74 Å². The number of anilines is 2. The van der Waals surface area contributed by atoms with Gasteiger partial charge in [0.15, 0.2) is 0 Å². The first-order valence-corrected chi connectivity index (χ1v) is 12.2. The van der Waals surface area contributed by atoms with Gasteiger partial charge >= 0.3 is 11.7 Å². The van der Waals surface area contributed by atoms with Crippen molar-refractivity contribution >= 4 is 109 Å². The first kappa shape index (κ1) is 27.2. The lowest BCUT2D eigenvalue weighted by atomic mass is 10.1. The number of nitro benzene ring substituents is 1. The lowest BCUT2D eigenvalue weighted by molar-refractivity contribution is -0.385. The fourth-order valence-corrected chi connectivity index (χ4v) is 6.72. The lowest BCUT2D eigenvalue weighted by Crippen LogP contribution is -2.33. The Hall–Kier alpha value is -2.09. The summed E-state index contributed by atoms with van der Waals surface area (Å²) in [5.74, 6) is -2.59. The molecule has 0 saturated carbocycles. The summed E-state index contributed by atoms with van der Waals surface area (Å²) in [6, 6.07) is 5.35. The summed E-state index contributed by atoms with van der Waals surface area (Å²) < 4.78 is 6.33. The number of nitrogens with one attached hydrogen (secondary N) is 3. The van der Waals surface area contributed by atoms with Gasteiger partial charge in [0.25, 0.3) is 5.91 Å². The van der Waals surface area contributed by atoms with Crippen molar-refractivity contribution in [2.24, 2.45) is 0 Å². The minimum absolute atomic E-state index is 0.127. The molecule has 0 unspecified atom stereocenters. The Morgan fingerprint density at radius 2 is 1.45 bits per heavy atom. The number of esters is 1. The molecule has 0 bridgehead atoms. The van der Waals surface area contributed by atoms with E-state index in [1.807, 2.05) is 67.8 Å². The molecule has 11 nitrogen and oxygen atoms in total. The molecule has 0 aliphatic rings. The van der Waals surface area contributed by atoms with Gasteiger partial charge in [0, 0.05) is 19.9 Å². The second-order valence-electron chi connectivity index (χ2n) is 6.31. The summed E-state index contributed by atoms with van der Waals surface area (Å²) in [4.78, 5) is 58.8. The molecule has 2 rings (SSSR count). The van der Waals surface area contributed by atoms with Crippen LogP contribution in [-0.2, 0) is 14.4 Å². The van der Waals surface area contributed by atoms with Crippen molar-refractivity contribution in [1.29, 1.82) is 0 Å². The van der Waals surface area contributed by atoms with Gasteiger partial charge in [-0.1, -0.05) is 12.1 Å². The maximum Gasteiger partial charge on any atom is 0.331 e. The van der Waals surface area contributed by atoms with E-state index in [1.54, 1.807) is 0 Å². The summed E-state index contributed by atoms with van der Waals surface area (Å²) in [7, 11) is 0. The highest BCUT2D eigenvalue weighted by molar-refractivity contribution is 14.1. The van der Waals surface area contributed by atoms with E-state index < -0.39 is 23.3 Å². The number of nitro groups is 1. The van der Waals surface area contributed by atoms with Gasteiger partial charge in [-0.25, -0.2) is 4.79 Å². The molecule has 0 atom stereocenters. The number of amides is 3. The summed E-state index contributed by atoms with van der Waals surface area (Å²) in [5.41, 5.74) is 0.405. The average Bonchev–Trinajstić information content (AvgIpc) is 2.72. The Labute approximate surface area is 228 Å². The first-order valence-electron chi connectivity index (χ1n) is 8.91. The normalized spacial score (nSPS) is 10.2. The zero-order valence-corrected chi connectivity index (χ0v) is 23.4. The van der Waals surface area contributed by atoms with Gasteiger partial charge in [0.05, 0.1) is 32.6 Å². The number of carbonyl (C=O) groups is 4. The van der Waals surface area contributed by atoms with E-state index in [9.17, 15) is 29.3 Å². The Balaban J connectivity index is 2.31. The molecule has 2 aromatic rings. The molecule has 0 spiro atoms. The van der Waals surface area contributed by atoms with Crippen molar-refractivity contribution in [3.05, 3.63) is 50.7 Å². The van der Waals surface area contributed by atoms with Gasteiger partial charge in [0.2, 0.25) is 17.6 Å². The molecule has 0 fully saturated rings. The van der Waals surface area contributed by atoms with Gasteiger partial charge in [-0.15, -0.1) is 0 Å². The van der Waals surface area contributed by atoms with Crippen molar-refractivity contribution in [3.8, 4) is 5.75 Å². The van der Waals surface area contributed by atoms with Crippen molar-refractivity contribution in [2.45, 2.75) is 13.8 Å². The van der Waals surface area contributed by atoms with Gasteiger partial charge in [0.1, 0.15) is 6.54 Å². The highest BCUT2D eigenvalue weighted by Crippen LogP contribution is 2.39. The summed E-state index contributed by atoms with van der Waals surface area (Å²) in [6.45, 7) is 2.04. The molecule has 174 valence electrons.